The molecule has 2 aromatic rings. The molecule has 2 amide bonds. The molecule has 0 unspecified atom stereocenters. The van der Waals surface area contributed by atoms with Gasteiger partial charge in [-0.25, -0.2) is 0 Å². The van der Waals surface area contributed by atoms with E-state index in [4.69, 9.17) is 10.5 Å². The smallest absolute Gasteiger partial charge is 0.259 e. The Morgan fingerprint density at radius 3 is 2.43 bits per heavy atom. The fourth-order valence-corrected chi connectivity index (χ4v) is 2.68. The molecule has 23 heavy (non-hydrogen) atoms. The number of carbonyl (C=O) groups excluding carboxylic acids is 2. The number of carbonyl (C=O) groups is 2. The molecule has 5 heteroatoms. The minimum Gasteiger partial charge on any atom is -0.489 e. The van der Waals surface area contributed by atoms with Gasteiger partial charge in [-0.15, -0.1) is 0 Å². The van der Waals surface area contributed by atoms with Crippen LogP contribution in [0.25, 0.3) is 0 Å². The van der Waals surface area contributed by atoms with E-state index in [1.54, 1.807) is 30.3 Å². The zero-order chi connectivity index (χ0) is 16.6. The number of rotatable bonds is 3. The molecule has 0 saturated carbocycles. The van der Waals surface area contributed by atoms with Gasteiger partial charge in [-0.05, 0) is 37.3 Å². The van der Waals surface area contributed by atoms with E-state index in [1.807, 2.05) is 19.1 Å². The molecule has 1 aliphatic rings. The van der Waals surface area contributed by atoms with E-state index in [0.717, 1.165) is 5.56 Å². The topological polar surface area (TPSA) is 81.4 Å². The van der Waals surface area contributed by atoms with Crippen LogP contribution < -0.4 is 15.8 Å². The first-order valence-corrected chi connectivity index (χ1v) is 7.48. The highest BCUT2D eigenvalue weighted by molar-refractivity contribution is 6.06. The Bertz CT molecular complexity index is 768. The number of benzene rings is 2. The maximum absolute atomic E-state index is 12.5. The summed E-state index contributed by atoms with van der Waals surface area (Å²) in [5.74, 6) is 0.168. The van der Waals surface area contributed by atoms with Crippen molar-refractivity contribution in [3.63, 3.8) is 0 Å². The second-order valence-corrected chi connectivity index (χ2v) is 5.73. The van der Waals surface area contributed by atoms with Crippen LogP contribution in [0.1, 0.15) is 46.0 Å². The maximum Gasteiger partial charge on any atom is 0.259 e. The molecule has 0 saturated heterocycles. The number of hydrogen-bond acceptors (Lipinski definition) is 3. The molecule has 0 radical (unpaired) electrons. The van der Waals surface area contributed by atoms with Crippen molar-refractivity contribution in [3.05, 3.63) is 59.2 Å². The average Bonchev–Trinajstić information content (AvgIpc) is 2.83. The molecule has 1 heterocycles. The van der Waals surface area contributed by atoms with Gasteiger partial charge in [-0.1, -0.05) is 19.1 Å². The summed E-state index contributed by atoms with van der Waals surface area (Å²) >= 11 is 0. The molecular weight excluding hydrogens is 292 g/mol. The van der Waals surface area contributed by atoms with Crippen LogP contribution in [0.15, 0.2) is 42.5 Å². The largest absolute Gasteiger partial charge is 0.489 e. The molecule has 0 aromatic heterocycles. The molecule has 0 spiro atoms. The number of nitrogens with one attached hydrogen (secondary N) is 1. The summed E-state index contributed by atoms with van der Waals surface area (Å²) in [6.07, 6.45) is 0.0498. The predicted octanol–water partition coefficient (Wildman–Crippen LogP) is 2.92. The summed E-state index contributed by atoms with van der Waals surface area (Å²) in [4.78, 5) is 23.6. The minimum atomic E-state index is -0.500. The number of hydrogen-bond donors (Lipinski definition) is 2. The van der Waals surface area contributed by atoms with Gasteiger partial charge in [0, 0.05) is 22.7 Å². The third-order valence-electron chi connectivity index (χ3n) is 4.22. The van der Waals surface area contributed by atoms with E-state index in [1.165, 1.54) is 0 Å². The quantitative estimate of drug-likeness (QED) is 0.914. The second kappa shape index (κ2) is 5.76. The van der Waals surface area contributed by atoms with E-state index in [9.17, 15) is 9.59 Å². The summed E-state index contributed by atoms with van der Waals surface area (Å²) in [6, 6.07) is 12.0. The third-order valence-corrected chi connectivity index (χ3v) is 4.22. The number of primary amides is 1. The molecule has 118 valence electrons. The molecule has 0 aliphatic carbocycles. The van der Waals surface area contributed by atoms with E-state index in [2.05, 4.69) is 12.2 Å². The number of ether oxygens (including phenoxy) is 1. The van der Waals surface area contributed by atoms with E-state index >= 15 is 0 Å². The van der Waals surface area contributed by atoms with Crippen LogP contribution in [-0.2, 0) is 0 Å². The maximum atomic E-state index is 12.5. The fourth-order valence-electron chi connectivity index (χ4n) is 2.68. The van der Waals surface area contributed by atoms with Crippen LogP contribution in [0.4, 0.5) is 5.69 Å². The Balaban J connectivity index is 1.84. The van der Waals surface area contributed by atoms with Gasteiger partial charge >= 0.3 is 0 Å². The molecule has 0 bridgehead atoms. The molecule has 3 rings (SSSR count). The molecule has 5 nitrogen and oxygen atoms in total. The number of amides is 2. The summed E-state index contributed by atoms with van der Waals surface area (Å²) in [6.45, 7) is 4.08. The number of anilines is 1. The molecule has 2 aromatic carbocycles. The molecule has 0 fully saturated rings. The van der Waals surface area contributed by atoms with Crippen molar-refractivity contribution in [1.29, 1.82) is 0 Å². The average molecular weight is 310 g/mol. The van der Waals surface area contributed by atoms with Crippen LogP contribution >= 0.6 is 0 Å². The van der Waals surface area contributed by atoms with Crippen molar-refractivity contribution in [1.82, 2.24) is 0 Å². The second-order valence-electron chi connectivity index (χ2n) is 5.73. The Labute approximate surface area is 134 Å². The van der Waals surface area contributed by atoms with Gasteiger partial charge in [-0.3, -0.25) is 9.59 Å². The van der Waals surface area contributed by atoms with Gasteiger partial charge in [0.1, 0.15) is 11.9 Å². The number of para-hydroxylation sites is 1. The van der Waals surface area contributed by atoms with Gasteiger partial charge in [-0.2, -0.15) is 0 Å². The lowest BCUT2D eigenvalue weighted by Crippen LogP contribution is -2.15. The van der Waals surface area contributed by atoms with Crippen LogP contribution in [0.2, 0.25) is 0 Å². The lowest BCUT2D eigenvalue weighted by molar-refractivity contribution is 0.0997. The van der Waals surface area contributed by atoms with Crippen LogP contribution in [0.3, 0.4) is 0 Å². The van der Waals surface area contributed by atoms with Gasteiger partial charge < -0.3 is 15.8 Å². The van der Waals surface area contributed by atoms with Gasteiger partial charge in [0.15, 0.2) is 0 Å². The van der Waals surface area contributed by atoms with Gasteiger partial charge in [0.05, 0.1) is 5.56 Å². The highest BCUT2D eigenvalue weighted by Crippen LogP contribution is 2.40. The highest BCUT2D eigenvalue weighted by atomic mass is 16.5. The number of nitrogens with two attached hydrogens (primary N) is 1. The first-order chi connectivity index (χ1) is 11.0. The zero-order valence-corrected chi connectivity index (χ0v) is 13.0. The summed E-state index contributed by atoms with van der Waals surface area (Å²) < 4.78 is 5.84. The lowest BCUT2D eigenvalue weighted by atomic mass is 9.97. The summed E-state index contributed by atoms with van der Waals surface area (Å²) in [5.41, 5.74) is 7.75. The first-order valence-electron chi connectivity index (χ1n) is 7.48. The normalized spacial score (nSPS) is 18.9. The van der Waals surface area contributed by atoms with E-state index < -0.39 is 5.91 Å². The molecule has 3 N–H and O–H groups in total. The zero-order valence-electron chi connectivity index (χ0n) is 13.0. The van der Waals surface area contributed by atoms with Gasteiger partial charge in [0.25, 0.3) is 5.91 Å². The van der Waals surface area contributed by atoms with Crippen molar-refractivity contribution in [2.24, 2.45) is 5.73 Å². The standard InChI is InChI=1S/C18H18N2O3/c1-10-11(2)23-16-14(10)4-3-5-15(16)18(22)20-13-8-6-12(7-9-13)17(19)21/h3-11H,1-2H3,(H2,19,21)(H,20,22)/t10-,11-/m1/s1. The Kier molecular flexibility index (Phi) is 3.78. The van der Waals surface area contributed by atoms with Crippen molar-refractivity contribution < 1.29 is 14.3 Å². The van der Waals surface area contributed by atoms with Crippen molar-refractivity contribution in [2.45, 2.75) is 25.9 Å². The molecule has 1 aliphatic heterocycles. The Morgan fingerprint density at radius 2 is 1.78 bits per heavy atom. The van der Waals surface area contributed by atoms with Crippen LogP contribution in [0.5, 0.6) is 5.75 Å². The third kappa shape index (κ3) is 2.77. The summed E-state index contributed by atoms with van der Waals surface area (Å²) in [5, 5.41) is 2.81. The van der Waals surface area contributed by atoms with Gasteiger partial charge in [0.2, 0.25) is 5.91 Å². The molecule has 2 atom stereocenters. The van der Waals surface area contributed by atoms with E-state index in [0.29, 0.717) is 22.6 Å². The SMILES string of the molecule is C[C@H]1Oc2c(C(=O)Nc3ccc(C(N)=O)cc3)cccc2[C@@H]1C. The minimum absolute atomic E-state index is 0.0498. The van der Waals surface area contributed by atoms with Crippen molar-refractivity contribution in [3.8, 4) is 5.75 Å². The summed E-state index contributed by atoms with van der Waals surface area (Å²) in [7, 11) is 0. The first kappa shape index (κ1) is 15.1. The van der Waals surface area contributed by atoms with Crippen molar-refractivity contribution in [2.75, 3.05) is 5.32 Å². The van der Waals surface area contributed by atoms with Crippen molar-refractivity contribution >= 4 is 17.5 Å². The number of fused-ring (bicyclic) bond motifs is 1. The van der Waals surface area contributed by atoms with E-state index in [-0.39, 0.29) is 17.9 Å². The molecular formula is C18H18N2O3. The fraction of sp³-hybridized carbons (Fsp3) is 0.222. The van der Waals surface area contributed by atoms with Crippen LogP contribution in [0, 0.1) is 0 Å². The monoisotopic (exact) mass is 310 g/mol. The predicted molar refractivity (Wildman–Crippen MR) is 87.9 cm³/mol. The van der Waals surface area contributed by atoms with Crippen LogP contribution in [-0.4, -0.2) is 17.9 Å². The highest BCUT2D eigenvalue weighted by Gasteiger charge is 2.31. The Hall–Kier alpha value is -2.82. The lowest BCUT2D eigenvalue weighted by Gasteiger charge is -2.10. The Morgan fingerprint density at radius 1 is 1.09 bits per heavy atom.